The van der Waals surface area contributed by atoms with E-state index in [1.165, 1.54) is 11.1 Å². The van der Waals surface area contributed by atoms with E-state index < -0.39 is 0 Å². The molecule has 2 N–H and O–H groups in total. The summed E-state index contributed by atoms with van der Waals surface area (Å²) in [7, 11) is 7.56. The predicted octanol–water partition coefficient (Wildman–Crippen LogP) is 3.51. The number of benzene rings is 2. The quantitative estimate of drug-likeness (QED) is 0.306. The van der Waals surface area contributed by atoms with Crippen LogP contribution in [-0.4, -0.2) is 51.8 Å². The van der Waals surface area contributed by atoms with E-state index in [1.54, 1.807) is 14.2 Å². The molecule has 0 aliphatic heterocycles. The van der Waals surface area contributed by atoms with Gasteiger partial charge in [0.2, 0.25) is 0 Å². The standard InChI is InChI=1S/C22H32N4O2.HI/c1-17(28-21-8-6-7-20(13-21)27-5)14-24-22(23-2)25-15-18-9-11-19(12-10-18)16-26(3)4;/h6-13,17H,14-16H2,1-5H3,(H2,23,24,25);1H. The minimum absolute atomic E-state index is 0. The van der Waals surface area contributed by atoms with Crippen molar-refractivity contribution in [1.82, 2.24) is 15.5 Å². The molecule has 0 aliphatic rings. The van der Waals surface area contributed by atoms with Crippen molar-refractivity contribution in [1.29, 1.82) is 0 Å². The molecule has 0 heterocycles. The molecule has 160 valence electrons. The van der Waals surface area contributed by atoms with Crippen molar-refractivity contribution in [3.05, 3.63) is 59.7 Å². The Bertz CT molecular complexity index is 751. The Labute approximate surface area is 191 Å². The third-order valence-corrected chi connectivity index (χ3v) is 4.14. The Hall–Kier alpha value is -2.00. The number of ether oxygens (including phenoxy) is 2. The Balaban J connectivity index is 0.00000420. The van der Waals surface area contributed by atoms with Gasteiger partial charge in [0.25, 0.3) is 0 Å². The largest absolute Gasteiger partial charge is 0.497 e. The summed E-state index contributed by atoms with van der Waals surface area (Å²) in [5.74, 6) is 2.32. The van der Waals surface area contributed by atoms with Gasteiger partial charge >= 0.3 is 0 Å². The average molecular weight is 512 g/mol. The van der Waals surface area contributed by atoms with Gasteiger partial charge in [-0.05, 0) is 44.3 Å². The van der Waals surface area contributed by atoms with Crippen LogP contribution in [-0.2, 0) is 13.1 Å². The first-order chi connectivity index (χ1) is 13.5. The molecular formula is C22H33IN4O2. The molecule has 0 fully saturated rings. The van der Waals surface area contributed by atoms with E-state index in [1.807, 2.05) is 31.2 Å². The van der Waals surface area contributed by atoms with E-state index in [-0.39, 0.29) is 30.1 Å². The minimum atomic E-state index is -0.0176. The number of aliphatic imine (C=N–C) groups is 1. The van der Waals surface area contributed by atoms with Crippen LogP contribution in [0.15, 0.2) is 53.5 Å². The zero-order valence-corrected chi connectivity index (χ0v) is 20.3. The molecule has 0 radical (unpaired) electrons. The lowest BCUT2D eigenvalue weighted by atomic mass is 10.1. The second-order valence-corrected chi connectivity index (χ2v) is 6.97. The molecule has 0 spiro atoms. The molecule has 0 aliphatic carbocycles. The van der Waals surface area contributed by atoms with Gasteiger partial charge in [-0.15, -0.1) is 24.0 Å². The third kappa shape index (κ3) is 9.36. The van der Waals surface area contributed by atoms with Crippen LogP contribution in [0, 0.1) is 0 Å². The number of guanidine groups is 1. The number of halogens is 1. The maximum Gasteiger partial charge on any atom is 0.191 e. The van der Waals surface area contributed by atoms with Crippen LogP contribution in [0.1, 0.15) is 18.1 Å². The summed E-state index contributed by atoms with van der Waals surface area (Å²) in [5, 5.41) is 6.64. The molecule has 29 heavy (non-hydrogen) atoms. The Morgan fingerprint density at radius 3 is 2.31 bits per heavy atom. The topological polar surface area (TPSA) is 58.1 Å². The lowest BCUT2D eigenvalue weighted by Gasteiger charge is -2.18. The van der Waals surface area contributed by atoms with Crippen molar-refractivity contribution in [2.24, 2.45) is 4.99 Å². The van der Waals surface area contributed by atoms with Crippen LogP contribution in [0.4, 0.5) is 0 Å². The van der Waals surface area contributed by atoms with E-state index in [2.05, 4.69) is 58.9 Å². The summed E-state index contributed by atoms with van der Waals surface area (Å²) in [6.45, 7) is 4.32. The second kappa shape index (κ2) is 13.3. The van der Waals surface area contributed by atoms with Gasteiger partial charge in [-0.2, -0.15) is 0 Å². The normalized spacial score (nSPS) is 12.1. The maximum atomic E-state index is 5.93. The van der Waals surface area contributed by atoms with Crippen molar-refractivity contribution in [3.63, 3.8) is 0 Å². The summed E-state index contributed by atoms with van der Waals surface area (Å²) in [6, 6.07) is 16.2. The van der Waals surface area contributed by atoms with E-state index in [0.717, 1.165) is 24.0 Å². The summed E-state index contributed by atoms with van der Waals surface area (Å²) in [6.07, 6.45) is -0.0176. The van der Waals surface area contributed by atoms with Crippen molar-refractivity contribution < 1.29 is 9.47 Å². The summed E-state index contributed by atoms with van der Waals surface area (Å²) < 4.78 is 11.2. The highest BCUT2D eigenvalue weighted by molar-refractivity contribution is 14.0. The number of nitrogens with zero attached hydrogens (tertiary/aromatic N) is 2. The fourth-order valence-corrected chi connectivity index (χ4v) is 2.72. The average Bonchev–Trinajstić information content (AvgIpc) is 2.69. The van der Waals surface area contributed by atoms with Gasteiger partial charge in [-0.25, -0.2) is 0 Å². The van der Waals surface area contributed by atoms with E-state index in [9.17, 15) is 0 Å². The number of methoxy groups -OCH3 is 1. The molecule has 1 unspecified atom stereocenters. The molecule has 6 nitrogen and oxygen atoms in total. The van der Waals surface area contributed by atoms with Gasteiger partial charge in [0.1, 0.15) is 17.6 Å². The lowest BCUT2D eigenvalue weighted by molar-refractivity contribution is 0.223. The highest BCUT2D eigenvalue weighted by Crippen LogP contribution is 2.19. The Kier molecular flexibility index (Phi) is 11.5. The van der Waals surface area contributed by atoms with Crippen molar-refractivity contribution >= 4 is 29.9 Å². The first kappa shape index (κ1) is 25.0. The molecule has 2 aromatic rings. The van der Waals surface area contributed by atoms with Crippen LogP contribution in [0.25, 0.3) is 0 Å². The number of nitrogens with one attached hydrogen (secondary N) is 2. The van der Waals surface area contributed by atoms with E-state index in [0.29, 0.717) is 13.1 Å². The molecule has 0 saturated heterocycles. The predicted molar refractivity (Wildman–Crippen MR) is 131 cm³/mol. The lowest BCUT2D eigenvalue weighted by Crippen LogP contribution is -2.41. The van der Waals surface area contributed by atoms with E-state index in [4.69, 9.17) is 9.47 Å². The van der Waals surface area contributed by atoms with Crippen LogP contribution in [0.3, 0.4) is 0 Å². The van der Waals surface area contributed by atoms with Crippen molar-refractivity contribution in [3.8, 4) is 11.5 Å². The minimum Gasteiger partial charge on any atom is -0.497 e. The molecule has 0 bridgehead atoms. The fourth-order valence-electron chi connectivity index (χ4n) is 2.72. The van der Waals surface area contributed by atoms with Crippen molar-refractivity contribution in [2.45, 2.75) is 26.1 Å². The highest BCUT2D eigenvalue weighted by atomic mass is 127. The van der Waals surface area contributed by atoms with E-state index >= 15 is 0 Å². The van der Waals surface area contributed by atoms with Crippen LogP contribution >= 0.6 is 24.0 Å². The maximum absolute atomic E-state index is 5.93. The van der Waals surface area contributed by atoms with Crippen LogP contribution < -0.4 is 20.1 Å². The summed E-state index contributed by atoms with van der Waals surface area (Å²) >= 11 is 0. The molecular weight excluding hydrogens is 479 g/mol. The molecule has 2 aromatic carbocycles. The zero-order chi connectivity index (χ0) is 20.4. The van der Waals surface area contributed by atoms with Gasteiger partial charge in [-0.1, -0.05) is 30.3 Å². The molecule has 1 atom stereocenters. The Morgan fingerprint density at radius 1 is 1.03 bits per heavy atom. The monoisotopic (exact) mass is 512 g/mol. The number of hydrogen-bond acceptors (Lipinski definition) is 4. The van der Waals surface area contributed by atoms with Gasteiger partial charge in [-0.3, -0.25) is 4.99 Å². The molecule has 7 heteroatoms. The number of hydrogen-bond donors (Lipinski definition) is 2. The molecule has 0 amide bonds. The van der Waals surface area contributed by atoms with Gasteiger partial charge in [0, 0.05) is 26.2 Å². The van der Waals surface area contributed by atoms with Gasteiger partial charge in [0.15, 0.2) is 5.96 Å². The van der Waals surface area contributed by atoms with Gasteiger partial charge < -0.3 is 25.0 Å². The molecule has 0 aromatic heterocycles. The second-order valence-electron chi connectivity index (χ2n) is 6.97. The van der Waals surface area contributed by atoms with Gasteiger partial charge in [0.05, 0.1) is 13.7 Å². The third-order valence-electron chi connectivity index (χ3n) is 4.14. The van der Waals surface area contributed by atoms with Crippen molar-refractivity contribution in [2.75, 3.05) is 34.8 Å². The smallest absolute Gasteiger partial charge is 0.191 e. The van der Waals surface area contributed by atoms with Crippen LogP contribution in [0.5, 0.6) is 11.5 Å². The summed E-state index contributed by atoms with van der Waals surface area (Å²) in [4.78, 5) is 6.44. The highest BCUT2D eigenvalue weighted by Gasteiger charge is 2.07. The zero-order valence-electron chi connectivity index (χ0n) is 17.9. The first-order valence-corrected chi connectivity index (χ1v) is 9.48. The molecule has 2 rings (SSSR count). The Morgan fingerprint density at radius 2 is 1.69 bits per heavy atom. The number of rotatable bonds is 9. The molecule has 0 saturated carbocycles. The SMILES string of the molecule is CN=C(NCc1ccc(CN(C)C)cc1)NCC(C)Oc1cccc(OC)c1.I. The summed E-state index contributed by atoms with van der Waals surface area (Å²) in [5.41, 5.74) is 2.52. The van der Waals surface area contributed by atoms with Crippen LogP contribution in [0.2, 0.25) is 0 Å². The first-order valence-electron chi connectivity index (χ1n) is 9.48. The fraction of sp³-hybridized carbons (Fsp3) is 0.409.